The fourth-order valence-corrected chi connectivity index (χ4v) is 2.99. The lowest BCUT2D eigenvalue weighted by Crippen LogP contribution is -2.34. The number of carboxylic acids is 1. The molecular formula is C16H15F3N2O4. The largest absolute Gasteiger partial charge is 0.481 e. The van der Waals surface area contributed by atoms with Crippen LogP contribution >= 0.6 is 0 Å². The summed E-state index contributed by atoms with van der Waals surface area (Å²) >= 11 is 0. The smallest absolute Gasteiger partial charge is 0.394 e. The van der Waals surface area contributed by atoms with Crippen LogP contribution in [0.4, 0.5) is 13.2 Å². The molecular weight excluding hydrogens is 341 g/mol. The quantitative estimate of drug-likeness (QED) is 0.910. The highest BCUT2D eigenvalue weighted by atomic mass is 19.4. The number of aryl methyl sites for hydroxylation is 1. The number of aromatic nitrogens is 1. The topological polar surface area (TPSA) is 83.6 Å². The van der Waals surface area contributed by atoms with Crippen molar-refractivity contribution in [1.82, 2.24) is 9.88 Å². The molecule has 2 aromatic rings. The highest BCUT2D eigenvalue weighted by Gasteiger charge is 2.53. The first kappa shape index (κ1) is 17.2. The molecule has 0 spiro atoms. The molecule has 0 unspecified atom stereocenters. The van der Waals surface area contributed by atoms with Gasteiger partial charge in [0.25, 0.3) is 0 Å². The molecule has 9 heteroatoms. The van der Waals surface area contributed by atoms with Crippen molar-refractivity contribution in [2.24, 2.45) is 11.8 Å². The van der Waals surface area contributed by atoms with Crippen LogP contribution in [0.2, 0.25) is 0 Å². The van der Waals surface area contributed by atoms with Gasteiger partial charge < -0.3 is 14.4 Å². The van der Waals surface area contributed by atoms with E-state index in [4.69, 9.17) is 9.52 Å². The van der Waals surface area contributed by atoms with E-state index < -0.39 is 43.0 Å². The van der Waals surface area contributed by atoms with Crippen molar-refractivity contribution in [2.45, 2.75) is 19.0 Å². The predicted molar refractivity (Wildman–Crippen MR) is 79.6 cm³/mol. The lowest BCUT2D eigenvalue weighted by Gasteiger charge is -2.18. The second-order valence-corrected chi connectivity index (χ2v) is 5.97. The molecule has 0 aliphatic carbocycles. The third kappa shape index (κ3) is 3.59. The number of amides is 1. The van der Waals surface area contributed by atoms with E-state index in [-0.39, 0.29) is 12.8 Å². The lowest BCUT2D eigenvalue weighted by atomic mass is 9.96. The summed E-state index contributed by atoms with van der Waals surface area (Å²) in [6.45, 7) is -1.07. The number of aliphatic carboxylic acids is 1. The van der Waals surface area contributed by atoms with Gasteiger partial charge in [-0.25, -0.2) is 4.98 Å². The van der Waals surface area contributed by atoms with E-state index >= 15 is 0 Å². The number of carbonyl (C=O) groups is 2. The van der Waals surface area contributed by atoms with Crippen LogP contribution in [0.5, 0.6) is 0 Å². The molecule has 1 saturated heterocycles. The number of rotatable bonds is 4. The Balaban J connectivity index is 1.64. The number of fused-ring (bicyclic) bond motifs is 1. The van der Waals surface area contributed by atoms with E-state index in [9.17, 15) is 22.8 Å². The fraction of sp³-hybridized carbons (Fsp3) is 0.438. The van der Waals surface area contributed by atoms with Gasteiger partial charge >= 0.3 is 12.1 Å². The maximum atomic E-state index is 13.0. The van der Waals surface area contributed by atoms with E-state index in [0.29, 0.717) is 17.0 Å². The van der Waals surface area contributed by atoms with Crippen molar-refractivity contribution in [1.29, 1.82) is 0 Å². The van der Waals surface area contributed by atoms with E-state index in [0.717, 1.165) is 4.90 Å². The summed E-state index contributed by atoms with van der Waals surface area (Å²) in [7, 11) is 0. The zero-order valence-corrected chi connectivity index (χ0v) is 13.0. The molecule has 1 aromatic heterocycles. The summed E-state index contributed by atoms with van der Waals surface area (Å²) in [5.74, 6) is -5.45. The molecule has 1 fully saturated rings. The Kier molecular flexibility index (Phi) is 4.40. The van der Waals surface area contributed by atoms with Gasteiger partial charge in [0.15, 0.2) is 11.5 Å². The Morgan fingerprint density at radius 2 is 2.00 bits per heavy atom. The molecule has 0 saturated carbocycles. The minimum Gasteiger partial charge on any atom is -0.481 e. The predicted octanol–water partition coefficient (Wildman–Crippen LogP) is 2.48. The molecule has 3 rings (SSSR count). The van der Waals surface area contributed by atoms with Crippen LogP contribution in [0, 0.1) is 11.8 Å². The zero-order valence-electron chi connectivity index (χ0n) is 13.0. The van der Waals surface area contributed by atoms with Gasteiger partial charge in [-0.15, -0.1) is 0 Å². The minimum absolute atomic E-state index is 0.0935. The Hall–Kier alpha value is -2.58. The summed E-state index contributed by atoms with van der Waals surface area (Å²) in [6.07, 6.45) is -4.61. The van der Waals surface area contributed by atoms with Crippen molar-refractivity contribution in [2.75, 3.05) is 13.1 Å². The van der Waals surface area contributed by atoms with Gasteiger partial charge in [-0.05, 0) is 12.1 Å². The first-order valence-electron chi connectivity index (χ1n) is 7.67. The van der Waals surface area contributed by atoms with Gasteiger partial charge in [0.05, 0.1) is 11.8 Å². The first-order chi connectivity index (χ1) is 11.8. The first-order valence-corrected chi connectivity index (χ1v) is 7.67. The number of oxazole rings is 1. The number of para-hydroxylation sites is 2. The maximum Gasteiger partial charge on any atom is 0.394 e. The number of halogens is 3. The maximum absolute atomic E-state index is 13.0. The van der Waals surface area contributed by atoms with Gasteiger partial charge in [0, 0.05) is 25.9 Å². The molecule has 1 amide bonds. The fourth-order valence-electron chi connectivity index (χ4n) is 2.99. The van der Waals surface area contributed by atoms with Crippen LogP contribution in [0.15, 0.2) is 28.7 Å². The number of carbonyl (C=O) groups excluding carboxylic acids is 1. The molecule has 0 bridgehead atoms. The van der Waals surface area contributed by atoms with E-state index in [1.165, 1.54) is 0 Å². The van der Waals surface area contributed by atoms with Gasteiger partial charge in [-0.2, -0.15) is 13.2 Å². The zero-order chi connectivity index (χ0) is 18.2. The van der Waals surface area contributed by atoms with Crippen LogP contribution < -0.4 is 0 Å². The third-order valence-corrected chi connectivity index (χ3v) is 4.30. The standard InChI is InChI=1S/C16H15F3N2O4/c17-16(18,19)10-8-21(7-9(10)15(23)24)14(22)6-5-13-20-11-3-1-2-4-12(11)25-13/h1-4,9-10H,5-8H2,(H,23,24)/t9-,10-/m1/s1. The van der Waals surface area contributed by atoms with E-state index in [1.54, 1.807) is 24.3 Å². The molecule has 2 atom stereocenters. The van der Waals surface area contributed by atoms with Crippen LogP contribution in [-0.4, -0.2) is 46.1 Å². The van der Waals surface area contributed by atoms with Crippen LogP contribution in [0.3, 0.4) is 0 Å². The average molecular weight is 356 g/mol. The number of hydrogen-bond acceptors (Lipinski definition) is 4. The van der Waals surface area contributed by atoms with Gasteiger partial charge in [0.1, 0.15) is 5.52 Å². The monoisotopic (exact) mass is 356 g/mol. The van der Waals surface area contributed by atoms with Gasteiger partial charge in [-0.1, -0.05) is 12.1 Å². The van der Waals surface area contributed by atoms with E-state index in [1.807, 2.05) is 0 Å². The SMILES string of the molecule is O=C(O)[C@@H]1CN(C(=O)CCc2nc3ccccc3o2)C[C@H]1C(F)(F)F. The van der Waals surface area contributed by atoms with Crippen molar-refractivity contribution in [3.63, 3.8) is 0 Å². The van der Waals surface area contributed by atoms with Crippen LogP contribution in [0.1, 0.15) is 12.3 Å². The minimum atomic E-state index is -4.65. The number of likely N-dealkylation sites (tertiary alicyclic amines) is 1. The van der Waals surface area contributed by atoms with Crippen molar-refractivity contribution in [3.05, 3.63) is 30.2 Å². The van der Waals surface area contributed by atoms with Gasteiger partial charge in [-0.3, -0.25) is 9.59 Å². The third-order valence-electron chi connectivity index (χ3n) is 4.30. The lowest BCUT2D eigenvalue weighted by molar-refractivity contribution is -0.188. The van der Waals surface area contributed by atoms with Crippen molar-refractivity contribution < 1.29 is 32.3 Å². The highest BCUT2D eigenvalue weighted by Crippen LogP contribution is 2.38. The number of nitrogens with zero attached hydrogens (tertiary/aromatic N) is 2. The molecule has 1 aliphatic rings. The summed E-state index contributed by atoms with van der Waals surface area (Å²) in [5, 5.41) is 8.97. The molecule has 2 heterocycles. The number of carboxylic acid groups (broad SMARTS) is 1. The Bertz CT molecular complexity index is 769. The van der Waals surface area contributed by atoms with Crippen molar-refractivity contribution in [3.8, 4) is 0 Å². The Morgan fingerprint density at radius 3 is 2.60 bits per heavy atom. The molecule has 1 aromatic carbocycles. The Morgan fingerprint density at radius 1 is 1.28 bits per heavy atom. The second-order valence-electron chi connectivity index (χ2n) is 5.97. The molecule has 6 nitrogen and oxygen atoms in total. The Labute approximate surface area is 140 Å². The normalized spacial score (nSPS) is 21.0. The van der Waals surface area contributed by atoms with Crippen LogP contribution in [0.25, 0.3) is 11.1 Å². The summed E-state index contributed by atoms with van der Waals surface area (Å²) < 4.78 is 44.3. The molecule has 0 radical (unpaired) electrons. The second kappa shape index (κ2) is 6.38. The molecule has 134 valence electrons. The summed E-state index contributed by atoms with van der Waals surface area (Å²) in [6, 6.07) is 7.03. The molecule has 1 aliphatic heterocycles. The van der Waals surface area contributed by atoms with Crippen LogP contribution in [-0.2, 0) is 16.0 Å². The molecule has 1 N–H and O–H groups in total. The highest BCUT2D eigenvalue weighted by molar-refractivity contribution is 5.79. The summed E-state index contributed by atoms with van der Waals surface area (Å²) in [5.41, 5.74) is 1.20. The number of benzene rings is 1. The summed E-state index contributed by atoms with van der Waals surface area (Å²) in [4.78, 5) is 28.4. The average Bonchev–Trinajstić information content (AvgIpc) is 3.16. The number of hydrogen-bond donors (Lipinski definition) is 1. The van der Waals surface area contributed by atoms with E-state index in [2.05, 4.69) is 4.98 Å². The van der Waals surface area contributed by atoms with Gasteiger partial charge in [0.2, 0.25) is 5.91 Å². The molecule has 25 heavy (non-hydrogen) atoms. The number of alkyl halides is 3. The van der Waals surface area contributed by atoms with Crippen molar-refractivity contribution >= 4 is 23.0 Å².